The van der Waals surface area contributed by atoms with Crippen molar-refractivity contribution in [1.82, 2.24) is 9.55 Å². The van der Waals surface area contributed by atoms with Gasteiger partial charge < -0.3 is 14.3 Å². The van der Waals surface area contributed by atoms with Gasteiger partial charge in [0, 0.05) is 23.5 Å². The molecule has 0 bridgehead atoms. The summed E-state index contributed by atoms with van der Waals surface area (Å²) < 4.78 is 9.60. The number of aromatic amines is 1. The van der Waals surface area contributed by atoms with Crippen LogP contribution in [0.15, 0.2) is 22.7 Å². The first-order valence-electron chi connectivity index (χ1n) is 6.20. The minimum absolute atomic E-state index is 0.577. The zero-order valence-electron chi connectivity index (χ0n) is 9.99. The zero-order valence-corrected chi connectivity index (χ0v) is 12.4. The fourth-order valence-corrected chi connectivity index (χ4v) is 3.17. The van der Waals surface area contributed by atoms with E-state index in [-0.39, 0.29) is 0 Å². The van der Waals surface area contributed by atoms with E-state index in [1.54, 1.807) is 0 Å². The molecular formula is C13H15BrN2OS. The van der Waals surface area contributed by atoms with Crippen molar-refractivity contribution >= 4 is 39.2 Å². The van der Waals surface area contributed by atoms with Gasteiger partial charge in [-0.3, -0.25) is 0 Å². The van der Waals surface area contributed by atoms with Gasteiger partial charge in [-0.15, -0.1) is 0 Å². The molecule has 0 saturated carbocycles. The Morgan fingerprint density at radius 2 is 2.39 bits per heavy atom. The molecular weight excluding hydrogens is 312 g/mol. The van der Waals surface area contributed by atoms with Crippen molar-refractivity contribution in [3.63, 3.8) is 0 Å². The maximum absolute atomic E-state index is 5.54. The lowest BCUT2D eigenvalue weighted by Crippen LogP contribution is -2.22. The third-order valence-electron chi connectivity index (χ3n) is 3.43. The van der Waals surface area contributed by atoms with E-state index in [4.69, 9.17) is 17.0 Å². The molecule has 2 heterocycles. The average molecular weight is 327 g/mol. The van der Waals surface area contributed by atoms with Crippen molar-refractivity contribution in [3.05, 3.63) is 27.4 Å². The van der Waals surface area contributed by atoms with Crippen LogP contribution in [0.3, 0.4) is 0 Å². The quantitative estimate of drug-likeness (QED) is 0.848. The van der Waals surface area contributed by atoms with Gasteiger partial charge in [-0.05, 0) is 43.3 Å². The van der Waals surface area contributed by atoms with Crippen LogP contribution in [0.4, 0.5) is 0 Å². The Labute approximate surface area is 119 Å². The minimum Gasteiger partial charge on any atom is -0.381 e. The lowest BCUT2D eigenvalue weighted by Gasteiger charge is -2.22. The van der Waals surface area contributed by atoms with Crippen LogP contribution in [-0.4, -0.2) is 22.8 Å². The maximum Gasteiger partial charge on any atom is 0.178 e. The van der Waals surface area contributed by atoms with Gasteiger partial charge >= 0.3 is 0 Å². The standard InChI is InChI=1S/C13H15BrN2OS/c14-10-3-4-12-11(6-10)15-13(18)16(12)7-9-2-1-5-17-8-9/h3-4,6,9H,1-2,5,7-8H2,(H,15,18). The maximum atomic E-state index is 5.54. The molecule has 1 unspecified atom stereocenters. The third kappa shape index (κ3) is 2.39. The van der Waals surface area contributed by atoms with Gasteiger partial charge in [-0.1, -0.05) is 15.9 Å². The van der Waals surface area contributed by atoms with Crippen molar-refractivity contribution in [1.29, 1.82) is 0 Å². The highest BCUT2D eigenvalue weighted by atomic mass is 79.9. The van der Waals surface area contributed by atoms with Gasteiger partial charge in [0.15, 0.2) is 4.77 Å². The molecule has 0 amide bonds. The lowest BCUT2D eigenvalue weighted by atomic mass is 10.0. The van der Waals surface area contributed by atoms with Gasteiger partial charge in [-0.25, -0.2) is 0 Å². The van der Waals surface area contributed by atoms with Crippen LogP contribution in [0.25, 0.3) is 11.0 Å². The third-order valence-corrected chi connectivity index (χ3v) is 4.25. The number of benzene rings is 1. The number of hydrogen-bond acceptors (Lipinski definition) is 2. The summed E-state index contributed by atoms with van der Waals surface area (Å²) in [6.45, 7) is 2.70. The summed E-state index contributed by atoms with van der Waals surface area (Å²) in [7, 11) is 0. The summed E-state index contributed by atoms with van der Waals surface area (Å²) in [6.07, 6.45) is 2.39. The molecule has 3 nitrogen and oxygen atoms in total. The molecule has 0 spiro atoms. The van der Waals surface area contributed by atoms with Gasteiger partial charge in [0.05, 0.1) is 17.6 Å². The first-order chi connectivity index (χ1) is 8.74. The number of hydrogen-bond donors (Lipinski definition) is 1. The van der Waals surface area contributed by atoms with Crippen LogP contribution in [0.5, 0.6) is 0 Å². The summed E-state index contributed by atoms with van der Waals surface area (Å²) in [5.74, 6) is 0.577. The van der Waals surface area contributed by atoms with Crippen molar-refractivity contribution < 1.29 is 4.74 Å². The fourth-order valence-electron chi connectivity index (χ4n) is 2.53. The van der Waals surface area contributed by atoms with Crippen molar-refractivity contribution in [3.8, 4) is 0 Å². The molecule has 1 saturated heterocycles. The van der Waals surface area contributed by atoms with E-state index in [1.807, 2.05) is 0 Å². The Morgan fingerprint density at radius 3 is 3.17 bits per heavy atom. The molecule has 1 fully saturated rings. The number of aromatic nitrogens is 2. The SMILES string of the molecule is S=c1[nH]c2cc(Br)ccc2n1CC1CCCOC1. The molecule has 1 aromatic heterocycles. The fraction of sp³-hybridized carbons (Fsp3) is 0.462. The second kappa shape index (κ2) is 5.15. The summed E-state index contributed by atoms with van der Waals surface area (Å²) in [5.41, 5.74) is 2.26. The molecule has 0 radical (unpaired) electrons. The molecule has 1 atom stereocenters. The highest BCUT2D eigenvalue weighted by molar-refractivity contribution is 9.10. The second-order valence-corrected chi connectivity index (χ2v) is 6.09. The average Bonchev–Trinajstić information content (AvgIpc) is 2.66. The summed E-state index contributed by atoms with van der Waals surface area (Å²) in [5, 5.41) is 0. The Hall–Kier alpha value is -0.650. The number of nitrogens with one attached hydrogen (secondary N) is 1. The highest BCUT2D eigenvalue weighted by Gasteiger charge is 2.16. The zero-order chi connectivity index (χ0) is 12.5. The topological polar surface area (TPSA) is 29.9 Å². The van der Waals surface area contributed by atoms with E-state index < -0.39 is 0 Å². The van der Waals surface area contributed by atoms with E-state index in [9.17, 15) is 0 Å². The lowest BCUT2D eigenvalue weighted by molar-refractivity contribution is 0.0486. The molecule has 96 valence electrons. The summed E-state index contributed by atoms with van der Waals surface area (Å²) in [6, 6.07) is 6.23. The summed E-state index contributed by atoms with van der Waals surface area (Å²) in [4.78, 5) is 3.26. The number of H-pyrrole nitrogens is 1. The number of fused-ring (bicyclic) bond motifs is 1. The summed E-state index contributed by atoms with van der Waals surface area (Å²) >= 11 is 8.90. The second-order valence-electron chi connectivity index (χ2n) is 4.79. The first-order valence-corrected chi connectivity index (χ1v) is 7.40. The largest absolute Gasteiger partial charge is 0.381 e. The van der Waals surface area contributed by atoms with Crippen LogP contribution in [0.1, 0.15) is 12.8 Å². The van der Waals surface area contributed by atoms with Crippen molar-refractivity contribution in [2.45, 2.75) is 19.4 Å². The number of halogens is 1. The molecule has 5 heteroatoms. The highest BCUT2D eigenvalue weighted by Crippen LogP contribution is 2.22. The van der Waals surface area contributed by atoms with Gasteiger partial charge in [0.25, 0.3) is 0 Å². The van der Waals surface area contributed by atoms with Crippen LogP contribution < -0.4 is 0 Å². The predicted molar refractivity (Wildman–Crippen MR) is 78.4 cm³/mol. The smallest absolute Gasteiger partial charge is 0.178 e. The molecule has 0 aliphatic carbocycles. The molecule has 3 rings (SSSR count). The number of imidazole rings is 1. The number of rotatable bonds is 2. The molecule has 1 aromatic carbocycles. The monoisotopic (exact) mass is 326 g/mol. The molecule has 1 aliphatic rings. The minimum atomic E-state index is 0.577. The molecule has 18 heavy (non-hydrogen) atoms. The van der Waals surface area contributed by atoms with Gasteiger partial charge in [0.1, 0.15) is 0 Å². The molecule has 1 aliphatic heterocycles. The molecule has 2 aromatic rings. The van der Waals surface area contributed by atoms with E-state index in [1.165, 1.54) is 11.9 Å². The Kier molecular flexibility index (Phi) is 3.54. The predicted octanol–water partition coefficient (Wildman–Crippen LogP) is 3.89. The van der Waals surface area contributed by atoms with Gasteiger partial charge in [-0.2, -0.15) is 0 Å². The van der Waals surface area contributed by atoms with Crippen LogP contribution in [0, 0.1) is 10.7 Å². The van der Waals surface area contributed by atoms with E-state index >= 15 is 0 Å². The normalized spacial score (nSPS) is 20.4. The van der Waals surface area contributed by atoms with Crippen molar-refractivity contribution in [2.24, 2.45) is 5.92 Å². The van der Waals surface area contributed by atoms with Crippen molar-refractivity contribution in [2.75, 3.05) is 13.2 Å². The Bertz CT molecular complexity index is 613. The van der Waals surface area contributed by atoms with E-state index in [2.05, 4.69) is 43.7 Å². The van der Waals surface area contributed by atoms with Crippen LogP contribution in [-0.2, 0) is 11.3 Å². The Balaban J connectivity index is 1.95. The van der Waals surface area contributed by atoms with Crippen LogP contribution in [0.2, 0.25) is 0 Å². The number of ether oxygens (including phenoxy) is 1. The number of nitrogens with zero attached hydrogens (tertiary/aromatic N) is 1. The van der Waals surface area contributed by atoms with Crippen LogP contribution >= 0.6 is 28.1 Å². The van der Waals surface area contributed by atoms with E-state index in [0.29, 0.717) is 5.92 Å². The van der Waals surface area contributed by atoms with E-state index in [0.717, 1.165) is 40.9 Å². The van der Waals surface area contributed by atoms with Gasteiger partial charge in [0.2, 0.25) is 0 Å². The first kappa shape index (κ1) is 12.4. The molecule has 1 N–H and O–H groups in total. The Morgan fingerprint density at radius 1 is 1.50 bits per heavy atom.